The van der Waals surface area contributed by atoms with Gasteiger partial charge in [-0.1, -0.05) is 36.1 Å². The molecule has 5 rings (SSSR count). The predicted molar refractivity (Wildman–Crippen MR) is 164 cm³/mol. The summed E-state index contributed by atoms with van der Waals surface area (Å²) in [5.74, 6) is 1.28. The average molecular weight is 614 g/mol. The summed E-state index contributed by atoms with van der Waals surface area (Å²) >= 11 is 6.73. The molecule has 220 valence electrons. The molecule has 11 heteroatoms. The molecule has 2 saturated heterocycles. The number of hydrogen-bond acceptors (Lipinski definition) is 7. The van der Waals surface area contributed by atoms with Crippen molar-refractivity contribution in [3.8, 4) is 17.2 Å². The van der Waals surface area contributed by atoms with Crippen molar-refractivity contribution in [2.45, 2.75) is 12.6 Å². The number of nitrogens with zero attached hydrogens (tertiary/aromatic N) is 3. The molecule has 2 aliphatic heterocycles. The van der Waals surface area contributed by atoms with E-state index in [2.05, 4.69) is 16.8 Å². The number of ether oxygens (including phenoxy) is 2. The lowest BCUT2D eigenvalue weighted by Crippen LogP contribution is -2.44. The highest BCUT2D eigenvalue weighted by molar-refractivity contribution is 8.27. The maximum atomic E-state index is 13.2. The summed E-state index contributed by atoms with van der Waals surface area (Å²) in [6.45, 7) is 6.03. The molecule has 2 heterocycles. The summed E-state index contributed by atoms with van der Waals surface area (Å²) in [4.78, 5) is 20.0. The van der Waals surface area contributed by atoms with E-state index in [0.29, 0.717) is 33.0 Å². The quantitative estimate of drug-likeness (QED) is 0.148. The Morgan fingerprint density at radius 2 is 1.48 bits per heavy atom. The minimum atomic E-state index is -4.40. The first-order valence-corrected chi connectivity index (χ1v) is 14.7. The minimum Gasteiger partial charge on any atom is -0.494 e. The highest BCUT2D eigenvalue weighted by Crippen LogP contribution is 2.37. The molecule has 6 nitrogen and oxygen atoms in total. The minimum absolute atomic E-state index is 0.212. The van der Waals surface area contributed by atoms with Gasteiger partial charge >= 0.3 is 6.18 Å². The number of piperazine rings is 1. The van der Waals surface area contributed by atoms with Gasteiger partial charge < -0.3 is 19.3 Å². The van der Waals surface area contributed by atoms with Crippen molar-refractivity contribution < 1.29 is 27.4 Å². The van der Waals surface area contributed by atoms with E-state index in [1.165, 1.54) is 28.8 Å². The Morgan fingerprint density at radius 1 is 0.881 bits per heavy atom. The van der Waals surface area contributed by atoms with Crippen LogP contribution in [-0.2, 0) is 11.0 Å². The summed E-state index contributed by atoms with van der Waals surface area (Å²) in [6, 6.07) is 18.8. The summed E-state index contributed by atoms with van der Waals surface area (Å²) in [6.07, 6.45) is -1.70. The molecular formula is C31H30F3N3O3S2. The first-order chi connectivity index (χ1) is 20.2. The summed E-state index contributed by atoms with van der Waals surface area (Å²) in [5.41, 5.74) is 0.695. The van der Waals surface area contributed by atoms with Gasteiger partial charge in [0.1, 0.15) is 17.2 Å². The molecule has 0 radical (unpaired) electrons. The van der Waals surface area contributed by atoms with Crippen molar-refractivity contribution in [3.63, 3.8) is 0 Å². The first-order valence-electron chi connectivity index (χ1n) is 13.5. The number of hydrogen-bond donors (Lipinski definition) is 0. The highest BCUT2D eigenvalue weighted by Gasteiger charge is 2.33. The van der Waals surface area contributed by atoms with E-state index in [4.69, 9.17) is 21.7 Å². The molecule has 0 saturated carbocycles. The van der Waals surface area contributed by atoms with Crippen molar-refractivity contribution in [2.75, 3.05) is 51.3 Å². The van der Waals surface area contributed by atoms with Gasteiger partial charge in [0.15, 0.2) is 4.32 Å². The number of benzene rings is 3. The second-order valence-corrected chi connectivity index (χ2v) is 11.7. The molecule has 0 aliphatic carbocycles. The topological polar surface area (TPSA) is 45.2 Å². The smallest absolute Gasteiger partial charge is 0.416 e. The van der Waals surface area contributed by atoms with Crippen LogP contribution in [0.15, 0.2) is 77.7 Å². The number of halogens is 3. The first kappa shape index (κ1) is 30.1. The standard InChI is InChI=1S/C31H30F3N3O3S2/c1-35-16-18-36(19-17-35)15-2-20-39-25-13-7-24(8-14-25)37-29(38)28(42-30(37)41)21-22-3-9-26(10-4-22)40-27-11-5-23(6-12-27)31(32,33)34/h3-14,21H,2,15-20H2,1H3/b28-21-. The van der Waals surface area contributed by atoms with E-state index < -0.39 is 11.7 Å². The van der Waals surface area contributed by atoms with Gasteiger partial charge in [0, 0.05) is 32.7 Å². The Labute approximate surface area is 252 Å². The second kappa shape index (κ2) is 13.3. The van der Waals surface area contributed by atoms with Crippen molar-refractivity contribution in [1.29, 1.82) is 0 Å². The summed E-state index contributed by atoms with van der Waals surface area (Å²) in [5, 5.41) is 0. The molecule has 0 unspecified atom stereocenters. The largest absolute Gasteiger partial charge is 0.494 e. The number of likely N-dealkylation sites (N-methyl/N-ethyl adjacent to an activating group) is 1. The molecule has 0 bridgehead atoms. The van der Waals surface area contributed by atoms with Crippen LogP contribution in [-0.4, -0.2) is 66.4 Å². The molecule has 3 aromatic carbocycles. The van der Waals surface area contributed by atoms with Crippen molar-refractivity contribution in [1.82, 2.24) is 9.80 Å². The number of anilines is 1. The Kier molecular flexibility index (Phi) is 9.52. The third kappa shape index (κ3) is 7.71. The number of carbonyl (C=O) groups excluding carboxylic acids is 1. The van der Waals surface area contributed by atoms with Gasteiger partial charge in [0.25, 0.3) is 5.91 Å². The van der Waals surface area contributed by atoms with Gasteiger partial charge in [-0.25, -0.2) is 0 Å². The van der Waals surface area contributed by atoms with Crippen LogP contribution in [0.2, 0.25) is 0 Å². The predicted octanol–water partition coefficient (Wildman–Crippen LogP) is 6.92. The molecule has 1 amide bonds. The zero-order valence-corrected chi connectivity index (χ0v) is 24.6. The highest BCUT2D eigenvalue weighted by atomic mass is 32.2. The second-order valence-electron chi connectivity index (χ2n) is 10.1. The lowest BCUT2D eigenvalue weighted by atomic mass is 10.2. The van der Waals surface area contributed by atoms with Crippen LogP contribution in [0.4, 0.5) is 18.9 Å². The monoisotopic (exact) mass is 613 g/mol. The molecule has 0 spiro atoms. The van der Waals surface area contributed by atoms with E-state index in [9.17, 15) is 18.0 Å². The van der Waals surface area contributed by atoms with Crippen molar-refractivity contribution in [3.05, 3.63) is 88.8 Å². The zero-order chi connectivity index (χ0) is 29.7. The molecule has 42 heavy (non-hydrogen) atoms. The number of amides is 1. The van der Waals surface area contributed by atoms with E-state index in [1.807, 2.05) is 24.3 Å². The number of carbonyl (C=O) groups is 1. The van der Waals surface area contributed by atoms with E-state index in [0.717, 1.165) is 62.6 Å². The maximum absolute atomic E-state index is 13.2. The lowest BCUT2D eigenvalue weighted by molar-refractivity contribution is -0.137. The summed E-state index contributed by atoms with van der Waals surface area (Å²) < 4.78 is 50.3. The van der Waals surface area contributed by atoms with Gasteiger partial charge in [-0.05, 0) is 85.8 Å². The Hall–Kier alpha value is -3.38. The van der Waals surface area contributed by atoms with Crippen LogP contribution in [0.5, 0.6) is 17.2 Å². The normalized spacial score (nSPS) is 17.7. The summed E-state index contributed by atoms with van der Waals surface area (Å²) in [7, 11) is 2.15. The number of thiocarbonyl (C=S) groups is 1. The van der Waals surface area contributed by atoms with Gasteiger partial charge in [0.2, 0.25) is 0 Å². The zero-order valence-electron chi connectivity index (χ0n) is 23.0. The molecule has 0 N–H and O–H groups in total. The Balaban J connectivity index is 1.14. The molecule has 0 atom stereocenters. The van der Waals surface area contributed by atoms with Gasteiger partial charge in [-0.2, -0.15) is 13.2 Å². The van der Waals surface area contributed by atoms with Crippen LogP contribution in [0.25, 0.3) is 6.08 Å². The fourth-order valence-corrected chi connectivity index (χ4v) is 5.86. The number of thioether (sulfide) groups is 1. The van der Waals surface area contributed by atoms with Crippen LogP contribution >= 0.6 is 24.0 Å². The molecule has 3 aromatic rings. The van der Waals surface area contributed by atoms with Crippen molar-refractivity contribution >= 4 is 46.0 Å². The van der Waals surface area contributed by atoms with Crippen LogP contribution in [0.1, 0.15) is 17.5 Å². The molecule has 2 fully saturated rings. The van der Waals surface area contributed by atoms with E-state index >= 15 is 0 Å². The molecule has 0 aromatic heterocycles. The SMILES string of the molecule is CN1CCN(CCCOc2ccc(N3C(=O)/C(=C/c4ccc(Oc5ccc(C(F)(F)F)cc5)cc4)SC3=S)cc2)CC1. The average Bonchev–Trinajstić information content (AvgIpc) is 3.25. The van der Waals surface area contributed by atoms with Crippen LogP contribution in [0, 0.1) is 0 Å². The van der Waals surface area contributed by atoms with Crippen LogP contribution in [0.3, 0.4) is 0 Å². The Morgan fingerprint density at radius 3 is 2.10 bits per heavy atom. The number of rotatable bonds is 9. The number of alkyl halides is 3. The third-order valence-corrected chi connectivity index (χ3v) is 8.27. The fraction of sp³-hybridized carbons (Fsp3) is 0.290. The molecular weight excluding hydrogens is 583 g/mol. The third-order valence-electron chi connectivity index (χ3n) is 6.97. The van der Waals surface area contributed by atoms with E-state index in [1.54, 1.807) is 30.3 Å². The maximum Gasteiger partial charge on any atom is 0.416 e. The van der Waals surface area contributed by atoms with E-state index in [-0.39, 0.29) is 5.91 Å². The van der Waals surface area contributed by atoms with Gasteiger partial charge in [-0.15, -0.1) is 0 Å². The van der Waals surface area contributed by atoms with Gasteiger partial charge in [-0.3, -0.25) is 9.69 Å². The molecule has 2 aliphatic rings. The van der Waals surface area contributed by atoms with Gasteiger partial charge in [0.05, 0.1) is 22.8 Å². The lowest BCUT2D eigenvalue weighted by Gasteiger charge is -2.32. The fourth-order valence-electron chi connectivity index (χ4n) is 4.56. The van der Waals surface area contributed by atoms with Crippen molar-refractivity contribution in [2.24, 2.45) is 0 Å². The van der Waals surface area contributed by atoms with Crippen LogP contribution < -0.4 is 14.4 Å². The Bertz CT molecular complexity index is 1420.